The quantitative estimate of drug-likeness (QED) is 0.845. The first kappa shape index (κ1) is 15.4. The lowest BCUT2D eigenvalue weighted by Gasteiger charge is -2.27. The molecule has 3 rings (SSSR count). The Morgan fingerprint density at radius 3 is 2.83 bits per heavy atom. The topological polar surface area (TPSA) is 42.7 Å². The Bertz CT molecular complexity index is 701. The van der Waals surface area contributed by atoms with E-state index in [1.54, 1.807) is 12.5 Å². The number of carbonyl (C=O) groups excluding carboxylic acids is 1. The highest BCUT2D eigenvalue weighted by molar-refractivity contribution is 5.99. The molecule has 0 radical (unpaired) electrons. The second-order valence-electron chi connectivity index (χ2n) is 6.21. The maximum Gasteiger partial charge on any atom is 0.253 e. The minimum atomic E-state index is 0.0226. The molecule has 0 N–H and O–H groups in total. The fraction of sp³-hybridized carbons (Fsp3) is 0.316. The Morgan fingerprint density at radius 1 is 1.26 bits per heavy atom. The van der Waals surface area contributed by atoms with Crippen LogP contribution in [0.1, 0.15) is 25.0 Å². The molecule has 0 fully saturated rings. The van der Waals surface area contributed by atoms with E-state index in [0.29, 0.717) is 31.2 Å². The molecular formula is C19H21NO3. The third-order valence-corrected chi connectivity index (χ3v) is 3.73. The van der Waals surface area contributed by atoms with Crippen molar-refractivity contribution in [2.45, 2.75) is 20.4 Å². The number of benzene rings is 1. The number of hydrogen-bond acceptors (Lipinski definition) is 3. The summed E-state index contributed by atoms with van der Waals surface area (Å²) in [6.07, 6.45) is 5.25. The Morgan fingerprint density at radius 2 is 2.09 bits per heavy atom. The molecule has 4 heteroatoms. The van der Waals surface area contributed by atoms with E-state index in [9.17, 15) is 4.79 Å². The second kappa shape index (κ2) is 6.73. The lowest BCUT2D eigenvalue weighted by Crippen LogP contribution is -2.36. The van der Waals surface area contributed by atoms with Crippen molar-refractivity contribution in [2.24, 2.45) is 5.92 Å². The van der Waals surface area contributed by atoms with Crippen molar-refractivity contribution in [1.82, 2.24) is 4.90 Å². The fourth-order valence-electron chi connectivity index (χ4n) is 2.71. The van der Waals surface area contributed by atoms with E-state index in [1.165, 1.54) is 0 Å². The third-order valence-electron chi connectivity index (χ3n) is 3.73. The summed E-state index contributed by atoms with van der Waals surface area (Å²) in [5.41, 5.74) is 2.64. The van der Waals surface area contributed by atoms with Gasteiger partial charge in [0.2, 0.25) is 0 Å². The number of para-hydroxylation sites is 1. The van der Waals surface area contributed by atoms with Gasteiger partial charge in [-0.1, -0.05) is 32.0 Å². The van der Waals surface area contributed by atoms with Crippen LogP contribution >= 0.6 is 0 Å². The predicted octanol–water partition coefficient (Wildman–Crippen LogP) is 3.74. The van der Waals surface area contributed by atoms with Gasteiger partial charge in [-0.25, -0.2) is 0 Å². The summed E-state index contributed by atoms with van der Waals surface area (Å²) in [5, 5.41) is 0. The minimum Gasteiger partial charge on any atom is -0.488 e. The van der Waals surface area contributed by atoms with Crippen molar-refractivity contribution in [2.75, 3.05) is 13.2 Å². The zero-order valence-corrected chi connectivity index (χ0v) is 13.5. The van der Waals surface area contributed by atoms with Gasteiger partial charge < -0.3 is 14.1 Å². The van der Waals surface area contributed by atoms with E-state index in [-0.39, 0.29) is 5.91 Å². The molecule has 0 atom stereocenters. The van der Waals surface area contributed by atoms with Gasteiger partial charge in [-0.3, -0.25) is 4.79 Å². The Labute approximate surface area is 136 Å². The van der Waals surface area contributed by atoms with Crippen molar-refractivity contribution >= 4 is 12.0 Å². The number of rotatable bonds is 5. The van der Waals surface area contributed by atoms with Crippen LogP contribution in [0.15, 0.2) is 52.8 Å². The standard InChI is InChI=1S/C19H21NO3/c1-14(2)10-20(11-15-7-8-22-12-15)19(21)17-9-16-5-3-4-6-18(16)23-13-17/h3-9,12,14H,10-11,13H2,1-2H3. The Hall–Kier alpha value is -2.49. The highest BCUT2D eigenvalue weighted by Crippen LogP contribution is 2.27. The van der Waals surface area contributed by atoms with E-state index >= 15 is 0 Å². The molecule has 1 aromatic heterocycles. The lowest BCUT2D eigenvalue weighted by molar-refractivity contribution is -0.128. The number of furan rings is 1. The van der Waals surface area contributed by atoms with Gasteiger partial charge in [0.25, 0.3) is 5.91 Å². The SMILES string of the molecule is CC(C)CN(Cc1ccoc1)C(=O)C1=Cc2ccccc2OC1. The van der Waals surface area contributed by atoms with Gasteiger partial charge in [0.05, 0.1) is 18.1 Å². The Balaban J connectivity index is 1.82. The largest absolute Gasteiger partial charge is 0.488 e. The summed E-state index contributed by atoms with van der Waals surface area (Å²) in [6, 6.07) is 9.66. The molecule has 1 aromatic carbocycles. The molecule has 0 saturated carbocycles. The van der Waals surface area contributed by atoms with Crippen molar-refractivity contribution in [3.63, 3.8) is 0 Å². The molecular weight excluding hydrogens is 290 g/mol. The van der Waals surface area contributed by atoms with Gasteiger partial charge in [-0.15, -0.1) is 0 Å². The normalized spacial score (nSPS) is 13.3. The molecule has 23 heavy (non-hydrogen) atoms. The van der Waals surface area contributed by atoms with E-state index in [1.807, 2.05) is 41.3 Å². The van der Waals surface area contributed by atoms with Crippen LogP contribution in [0, 0.1) is 5.92 Å². The first-order valence-corrected chi connectivity index (χ1v) is 7.86. The summed E-state index contributed by atoms with van der Waals surface area (Å²) in [5.74, 6) is 1.24. The van der Waals surface area contributed by atoms with Crippen molar-refractivity contribution in [3.8, 4) is 5.75 Å². The van der Waals surface area contributed by atoms with Crippen LogP contribution < -0.4 is 4.74 Å². The molecule has 0 spiro atoms. The first-order valence-electron chi connectivity index (χ1n) is 7.86. The van der Waals surface area contributed by atoms with Crippen LogP contribution in [0.25, 0.3) is 6.08 Å². The number of ether oxygens (including phenoxy) is 1. The average Bonchev–Trinajstić information content (AvgIpc) is 3.06. The Kier molecular flexibility index (Phi) is 4.51. The number of nitrogens with zero attached hydrogens (tertiary/aromatic N) is 1. The van der Waals surface area contributed by atoms with Crippen molar-refractivity contribution < 1.29 is 13.9 Å². The maximum absolute atomic E-state index is 12.9. The predicted molar refractivity (Wildman–Crippen MR) is 88.9 cm³/mol. The number of fused-ring (bicyclic) bond motifs is 1. The summed E-state index contributed by atoms with van der Waals surface area (Å²) < 4.78 is 10.8. The van der Waals surface area contributed by atoms with Crippen LogP contribution in [0.3, 0.4) is 0 Å². The molecule has 1 aliphatic rings. The van der Waals surface area contributed by atoms with Crippen LogP contribution in [-0.2, 0) is 11.3 Å². The minimum absolute atomic E-state index is 0.0226. The van der Waals surface area contributed by atoms with Gasteiger partial charge in [-0.05, 0) is 24.1 Å². The van der Waals surface area contributed by atoms with Crippen molar-refractivity contribution in [3.05, 3.63) is 59.6 Å². The molecule has 0 aliphatic carbocycles. The first-order chi connectivity index (χ1) is 11.1. The van der Waals surface area contributed by atoms with Crippen molar-refractivity contribution in [1.29, 1.82) is 0 Å². The van der Waals surface area contributed by atoms with Crippen LogP contribution in [0.2, 0.25) is 0 Å². The smallest absolute Gasteiger partial charge is 0.253 e. The fourth-order valence-corrected chi connectivity index (χ4v) is 2.71. The van der Waals surface area contributed by atoms with Gasteiger partial charge in [-0.2, -0.15) is 0 Å². The number of carbonyl (C=O) groups is 1. The van der Waals surface area contributed by atoms with E-state index in [4.69, 9.17) is 9.15 Å². The van der Waals surface area contributed by atoms with Crippen LogP contribution in [0.4, 0.5) is 0 Å². The summed E-state index contributed by atoms with van der Waals surface area (Å²) in [7, 11) is 0. The highest BCUT2D eigenvalue weighted by Gasteiger charge is 2.23. The van der Waals surface area contributed by atoms with E-state index < -0.39 is 0 Å². The molecule has 0 saturated heterocycles. The molecule has 1 aliphatic heterocycles. The molecule has 4 nitrogen and oxygen atoms in total. The van der Waals surface area contributed by atoms with Gasteiger partial charge in [0.15, 0.2) is 0 Å². The number of amides is 1. The van der Waals surface area contributed by atoms with Gasteiger partial charge in [0, 0.05) is 24.2 Å². The van der Waals surface area contributed by atoms with Gasteiger partial charge >= 0.3 is 0 Å². The molecule has 120 valence electrons. The maximum atomic E-state index is 12.9. The average molecular weight is 311 g/mol. The molecule has 2 heterocycles. The molecule has 0 bridgehead atoms. The molecule has 0 unspecified atom stereocenters. The highest BCUT2D eigenvalue weighted by atomic mass is 16.5. The lowest BCUT2D eigenvalue weighted by atomic mass is 10.1. The zero-order chi connectivity index (χ0) is 16.2. The van der Waals surface area contributed by atoms with E-state index in [0.717, 1.165) is 16.9 Å². The second-order valence-corrected chi connectivity index (χ2v) is 6.21. The molecule has 2 aromatic rings. The number of hydrogen-bond donors (Lipinski definition) is 0. The molecule has 1 amide bonds. The van der Waals surface area contributed by atoms with Gasteiger partial charge in [0.1, 0.15) is 12.4 Å². The summed E-state index contributed by atoms with van der Waals surface area (Å²) in [6.45, 7) is 5.78. The third kappa shape index (κ3) is 3.65. The summed E-state index contributed by atoms with van der Waals surface area (Å²) in [4.78, 5) is 14.8. The van der Waals surface area contributed by atoms with Crippen LogP contribution in [0.5, 0.6) is 5.75 Å². The van der Waals surface area contributed by atoms with E-state index in [2.05, 4.69) is 13.8 Å². The summed E-state index contributed by atoms with van der Waals surface area (Å²) >= 11 is 0. The zero-order valence-electron chi connectivity index (χ0n) is 13.5. The van der Waals surface area contributed by atoms with Crippen LogP contribution in [-0.4, -0.2) is 24.0 Å². The monoisotopic (exact) mass is 311 g/mol.